The number of unbranched alkanes of at least 4 members (excludes halogenated alkanes) is 1. The lowest BCUT2D eigenvalue weighted by Crippen LogP contribution is -2.39. The topological polar surface area (TPSA) is 46.5 Å². The van der Waals surface area contributed by atoms with Crippen LogP contribution in [0.2, 0.25) is 0 Å². The number of terminal acetylenes is 1. The Balaban J connectivity index is 2.53. The minimum Gasteiger partial charge on any atom is -0.481 e. The highest BCUT2D eigenvalue weighted by molar-refractivity contribution is 5.74. The van der Waals surface area contributed by atoms with Crippen molar-refractivity contribution in [2.75, 3.05) is 13.2 Å². The van der Waals surface area contributed by atoms with E-state index in [0.29, 0.717) is 32.5 Å². The van der Waals surface area contributed by atoms with E-state index in [0.717, 1.165) is 12.8 Å². The van der Waals surface area contributed by atoms with E-state index in [4.69, 9.17) is 16.3 Å². The molecule has 78 valence electrons. The summed E-state index contributed by atoms with van der Waals surface area (Å²) >= 11 is 0. The van der Waals surface area contributed by atoms with Gasteiger partial charge in [-0.25, -0.2) is 0 Å². The fraction of sp³-hybridized carbons (Fsp3) is 0.727. The second kappa shape index (κ2) is 5.02. The Kier molecular flexibility index (Phi) is 3.97. The van der Waals surface area contributed by atoms with Gasteiger partial charge in [0.15, 0.2) is 0 Å². The van der Waals surface area contributed by atoms with E-state index in [1.54, 1.807) is 0 Å². The molecule has 0 bridgehead atoms. The van der Waals surface area contributed by atoms with Gasteiger partial charge in [-0.1, -0.05) is 0 Å². The van der Waals surface area contributed by atoms with Gasteiger partial charge < -0.3 is 9.84 Å². The van der Waals surface area contributed by atoms with E-state index in [1.165, 1.54) is 0 Å². The predicted molar refractivity (Wildman–Crippen MR) is 52.8 cm³/mol. The van der Waals surface area contributed by atoms with Crippen LogP contribution in [0.3, 0.4) is 0 Å². The largest absolute Gasteiger partial charge is 0.481 e. The Labute approximate surface area is 84.5 Å². The van der Waals surface area contributed by atoms with Gasteiger partial charge in [0, 0.05) is 13.0 Å². The highest BCUT2D eigenvalue weighted by Gasteiger charge is 2.39. The van der Waals surface area contributed by atoms with Crippen molar-refractivity contribution in [2.24, 2.45) is 5.41 Å². The number of carbonyl (C=O) groups is 1. The smallest absolute Gasteiger partial charge is 0.311 e. The van der Waals surface area contributed by atoms with Crippen LogP contribution in [-0.2, 0) is 9.53 Å². The van der Waals surface area contributed by atoms with Gasteiger partial charge in [0.05, 0.1) is 12.0 Å². The molecule has 0 aromatic rings. The Hall–Kier alpha value is -1.01. The van der Waals surface area contributed by atoms with Gasteiger partial charge in [-0.15, -0.1) is 12.3 Å². The minimum absolute atomic E-state index is 0.340. The van der Waals surface area contributed by atoms with Crippen LogP contribution in [0.15, 0.2) is 0 Å². The van der Waals surface area contributed by atoms with Crippen molar-refractivity contribution in [3.05, 3.63) is 0 Å². The van der Waals surface area contributed by atoms with Crippen molar-refractivity contribution in [1.29, 1.82) is 0 Å². The first kappa shape index (κ1) is 11.1. The van der Waals surface area contributed by atoms with Crippen LogP contribution in [0.5, 0.6) is 0 Å². The molecule has 3 nitrogen and oxygen atoms in total. The number of rotatable bonds is 4. The highest BCUT2D eigenvalue weighted by Crippen LogP contribution is 2.34. The van der Waals surface area contributed by atoms with Crippen LogP contribution in [0.4, 0.5) is 0 Å². The van der Waals surface area contributed by atoms with Crippen LogP contribution in [0.1, 0.15) is 32.1 Å². The van der Waals surface area contributed by atoms with Gasteiger partial charge in [-0.2, -0.15) is 0 Å². The first-order valence-corrected chi connectivity index (χ1v) is 4.96. The molecule has 1 atom stereocenters. The molecule has 1 aliphatic rings. The van der Waals surface area contributed by atoms with Gasteiger partial charge in [0.2, 0.25) is 0 Å². The average molecular weight is 196 g/mol. The van der Waals surface area contributed by atoms with Crippen LogP contribution in [0, 0.1) is 17.8 Å². The average Bonchev–Trinajstić information content (AvgIpc) is 2.19. The van der Waals surface area contributed by atoms with E-state index in [-0.39, 0.29) is 0 Å². The van der Waals surface area contributed by atoms with Crippen molar-refractivity contribution in [1.82, 2.24) is 0 Å². The Morgan fingerprint density at radius 1 is 1.64 bits per heavy atom. The fourth-order valence-corrected chi connectivity index (χ4v) is 1.85. The van der Waals surface area contributed by atoms with Crippen molar-refractivity contribution < 1.29 is 14.6 Å². The summed E-state index contributed by atoms with van der Waals surface area (Å²) in [5.41, 5.74) is -0.672. The molecule has 0 spiro atoms. The molecule has 14 heavy (non-hydrogen) atoms. The maximum absolute atomic E-state index is 11.1. The third-order valence-corrected chi connectivity index (χ3v) is 2.75. The Bertz CT molecular complexity index is 233. The summed E-state index contributed by atoms with van der Waals surface area (Å²) in [6, 6.07) is 0. The first-order chi connectivity index (χ1) is 6.71. The molecule has 0 saturated carbocycles. The number of carboxylic acid groups (broad SMARTS) is 1. The standard InChI is InChI=1S/C11H16O3/c1-2-3-4-6-11(10(12)13)7-5-8-14-9-11/h1H,3-9H2,(H,12,13). The molecule has 1 fully saturated rings. The van der Waals surface area contributed by atoms with E-state index in [1.807, 2.05) is 0 Å². The van der Waals surface area contributed by atoms with Crippen LogP contribution in [-0.4, -0.2) is 24.3 Å². The lowest BCUT2D eigenvalue weighted by molar-refractivity contribution is -0.158. The zero-order valence-corrected chi connectivity index (χ0v) is 8.29. The summed E-state index contributed by atoms with van der Waals surface area (Å²) in [4.78, 5) is 11.1. The van der Waals surface area contributed by atoms with Crippen molar-refractivity contribution in [2.45, 2.75) is 32.1 Å². The Morgan fingerprint density at radius 3 is 2.93 bits per heavy atom. The molecule has 0 aromatic heterocycles. The number of ether oxygens (including phenoxy) is 1. The summed E-state index contributed by atoms with van der Waals surface area (Å²) in [6.45, 7) is 1.02. The van der Waals surface area contributed by atoms with Crippen molar-refractivity contribution >= 4 is 5.97 Å². The van der Waals surface area contributed by atoms with Gasteiger partial charge >= 0.3 is 5.97 Å². The SMILES string of the molecule is C#CCCCC1(C(=O)O)CCCOC1. The van der Waals surface area contributed by atoms with Gasteiger partial charge in [0.1, 0.15) is 0 Å². The molecule has 0 aromatic carbocycles. The monoisotopic (exact) mass is 196 g/mol. The second-order valence-electron chi connectivity index (χ2n) is 3.80. The third kappa shape index (κ3) is 2.49. The van der Waals surface area contributed by atoms with Crippen molar-refractivity contribution in [3.8, 4) is 12.3 Å². The summed E-state index contributed by atoms with van der Waals surface area (Å²) in [6.07, 6.45) is 8.73. The predicted octanol–water partition coefficient (Wildman–Crippen LogP) is 1.67. The van der Waals surface area contributed by atoms with E-state index in [2.05, 4.69) is 5.92 Å². The third-order valence-electron chi connectivity index (χ3n) is 2.75. The highest BCUT2D eigenvalue weighted by atomic mass is 16.5. The van der Waals surface area contributed by atoms with Crippen LogP contribution < -0.4 is 0 Å². The Morgan fingerprint density at radius 2 is 2.43 bits per heavy atom. The molecule has 0 radical (unpaired) electrons. The number of hydrogen-bond donors (Lipinski definition) is 1. The number of aliphatic carboxylic acids is 1. The molecular formula is C11H16O3. The number of hydrogen-bond acceptors (Lipinski definition) is 2. The zero-order chi connectivity index (χ0) is 10.4. The van der Waals surface area contributed by atoms with Crippen LogP contribution >= 0.6 is 0 Å². The normalized spacial score (nSPS) is 26.8. The van der Waals surface area contributed by atoms with Gasteiger partial charge in [-0.05, 0) is 25.7 Å². The van der Waals surface area contributed by atoms with E-state index >= 15 is 0 Å². The van der Waals surface area contributed by atoms with E-state index in [9.17, 15) is 4.79 Å². The molecule has 3 heteroatoms. The van der Waals surface area contributed by atoms with Crippen LogP contribution in [0.25, 0.3) is 0 Å². The maximum Gasteiger partial charge on any atom is 0.311 e. The van der Waals surface area contributed by atoms with E-state index < -0.39 is 11.4 Å². The maximum atomic E-state index is 11.1. The summed E-state index contributed by atoms with van der Waals surface area (Å²) in [7, 11) is 0. The summed E-state index contributed by atoms with van der Waals surface area (Å²) in [5, 5.41) is 9.16. The number of carboxylic acids is 1. The molecule has 1 heterocycles. The molecular weight excluding hydrogens is 180 g/mol. The minimum atomic E-state index is -0.741. The lowest BCUT2D eigenvalue weighted by Gasteiger charge is -2.32. The first-order valence-electron chi connectivity index (χ1n) is 4.96. The van der Waals surface area contributed by atoms with Crippen molar-refractivity contribution in [3.63, 3.8) is 0 Å². The fourth-order valence-electron chi connectivity index (χ4n) is 1.85. The molecule has 1 rings (SSSR count). The molecule has 1 saturated heterocycles. The summed E-state index contributed by atoms with van der Waals surface area (Å²) < 4.78 is 5.24. The second-order valence-corrected chi connectivity index (χ2v) is 3.80. The van der Waals surface area contributed by atoms with Gasteiger partial charge in [-0.3, -0.25) is 4.79 Å². The summed E-state index contributed by atoms with van der Waals surface area (Å²) in [5.74, 6) is 1.79. The quantitative estimate of drug-likeness (QED) is 0.549. The molecule has 0 aliphatic carbocycles. The molecule has 1 unspecified atom stereocenters. The lowest BCUT2D eigenvalue weighted by atomic mass is 9.78. The van der Waals surface area contributed by atoms with Gasteiger partial charge in [0.25, 0.3) is 0 Å². The molecule has 1 N–H and O–H groups in total. The zero-order valence-electron chi connectivity index (χ0n) is 8.29. The molecule has 1 aliphatic heterocycles. The molecule has 0 amide bonds.